The summed E-state index contributed by atoms with van der Waals surface area (Å²) in [5.74, 6) is 0. The summed E-state index contributed by atoms with van der Waals surface area (Å²) in [6.07, 6.45) is 4.49. The zero-order valence-corrected chi connectivity index (χ0v) is 13.8. The third-order valence-corrected chi connectivity index (χ3v) is 3.93. The van der Waals surface area contributed by atoms with Gasteiger partial charge in [-0.3, -0.25) is 0 Å². The second-order valence-corrected chi connectivity index (χ2v) is 5.73. The summed E-state index contributed by atoms with van der Waals surface area (Å²) in [5, 5.41) is 0. The van der Waals surface area contributed by atoms with Crippen LogP contribution in [0.2, 0.25) is 0 Å². The maximum atomic E-state index is 11.7. The standard InChI is InChI=1S/C18H22N2O4/c1-2-23-18(21)20-10-16(19-13-20)17-9-8-15(24-17)12-22-11-14-6-4-3-5-7-14/h3-7,10,13,15,17H,2,8-9,11-12H2,1H3/t15-,17-/m1/s1. The van der Waals surface area contributed by atoms with Crippen LogP contribution in [0.1, 0.15) is 37.1 Å². The van der Waals surface area contributed by atoms with Gasteiger partial charge in [0.25, 0.3) is 0 Å². The molecule has 1 saturated heterocycles. The van der Waals surface area contributed by atoms with Gasteiger partial charge >= 0.3 is 6.09 Å². The molecule has 1 aromatic heterocycles. The van der Waals surface area contributed by atoms with Gasteiger partial charge in [0.2, 0.25) is 0 Å². The molecule has 2 atom stereocenters. The minimum Gasteiger partial charge on any atom is -0.449 e. The molecule has 0 saturated carbocycles. The molecule has 24 heavy (non-hydrogen) atoms. The predicted molar refractivity (Wildman–Crippen MR) is 87.6 cm³/mol. The summed E-state index contributed by atoms with van der Waals surface area (Å²) in [6, 6.07) is 10.1. The minimum absolute atomic E-state index is 0.0615. The van der Waals surface area contributed by atoms with E-state index in [0.717, 1.165) is 24.1 Å². The van der Waals surface area contributed by atoms with Gasteiger partial charge in [-0.25, -0.2) is 14.3 Å². The van der Waals surface area contributed by atoms with Crippen LogP contribution in [0.5, 0.6) is 0 Å². The molecular formula is C18H22N2O4. The summed E-state index contributed by atoms with van der Waals surface area (Å²) < 4.78 is 18.0. The maximum Gasteiger partial charge on any atom is 0.419 e. The van der Waals surface area contributed by atoms with Crippen LogP contribution in [0.15, 0.2) is 42.9 Å². The number of imidazole rings is 1. The molecule has 0 radical (unpaired) electrons. The Labute approximate surface area is 141 Å². The van der Waals surface area contributed by atoms with Gasteiger partial charge in [0, 0.05) is 6.20 Å². The summed E-state index contributed by atoms with van der Waals surface area (Å²) in [5.41, 5.74) is 1.91. The number of aromatic nitrogens is 2. The summed E-state index contributed by atoms with van der Waals surface area (Å²) in [7, 11) is 0. The van der Waals surface area contributed by atoms with Crippen LogP contribution in [0.25, 0.3) is 0 Å². The van der Waals surface area contributed by atoms with Crippen LogP contribution in [0.4, 0.5) is 4.79 Å². The Morgan fingerprint density at radius 1 is 1.33 bits per heavy atom. The second-order valence-electron chi connectivity index (χ2n) is 5.73. The summed E-state index contributed by atoms with van der Waals surface area (Å²) >= 11 is 0. The van der Waals surface area contributed by atoms with E-state index in [2.05, 4.69) is 4.98 Å². The molecule has 0 spiro atoms. The average Bonchev–Trinajstić information content (AvgIpc) is 3.25. The Morgan fingerprint density at radius 3 is 2.96 bits per heavy atom. The van der Waals surface area contributed by atoms with Crippen LogP contribution in [-0.4, -0.2) is 35.0 Å². The lowest BCUT2D eigenvalue weighted by Crippen LogP contribution is -2.15. The SMILES string of the molecule is CCOC(=O)n1cnc([C@H]2CC[C@H](COCc3ccccc3)O2)c1. The smallest absolute Gasteiger partial charge is 0.419 e. The molecule has 0 bridgehead atoms. The fourth-order valence-electron chi connectivity index (χ4n) is 2.73. The van der Waals surface area contributed by atoms with Gasteiger partial charge < -0.3 is 14.2 Å². The first kappa shape index (κ1) is 16.7. The molecule has 1 aliphatic rings. The van der Waals surface area contributed by atoms with Gasteiger partial charge in [0.05, 0.1) is 31.6 Å². The minimum atomic E-state index is -0.419. The molecular weight excluding hydrogens is 308 g/mol. The third-order valence-electron chi connectivity index (χ3n) is 3.93. The third kappa shape index (κ3) is 4.21. The first-order chi connectivity index (χ1) is 11.8. The Morgan fingerprint density at radius 2 is 2.17 bits per heavy atom. The van der Waals surface area contributed by atoms with Crippen molar-refractivity contribution in [2.45, 2.75) is 38.6 Å². The van der Waals surface area contributed by atoms with Crippen LogP contribution >= 0.6 is 0 Å². The normalized spacial score (nSPS) is 20.2. The molecule has 3 rings (SSSR count). The van der Waals surface area contributed by atoms with Gasteiger partial charge in [-0.05, 0) is 25.3 Å². The Bertz CT molecular complexity index is 656. The molecule has 2 aromatic rings. The molecule has 0 aliphatic carbocycles. The predicted octanol–water partition coefficient (Wildman–Crippen LogP) is 3.32. The van der Waals surface area contributed by atoms with Crippen molar-refractivity contribution >= 4 is 6.09 Å². The van der Waals surface area contributed by atoms with Crippen LogP contribution < -0.4 is 0 Å². The number of carbonyl (C=O) groups is 1. The van der Waals surface area contributed by atoms with Gasteiger partial charge in [0.1, 0.15) is 12.4 Å². The van der Waals surface area contributed by atoms with Crippen LogP contribution in [0.3, 0.4) is 0 Å². The number of rotatable bonds is 6. The van der Waals surface area contributed by atoms with Crippen molar-refractivity contribution in [1.82, 2.24) is 9.55 Å². The number of hydrogen-bond acceptors (Lipinski definition) is 5. The second kappa shape index (κ2) is 8.08. The lowest BCUT2D eigenvalue weighted by Gasteiger charge is -2.12. The summed E-state index contributed by atoms with van der Waals surface area (Å²) in [6.45, 7) is 3.26. The number of carbonyl (C=O) groups excluding carboxylic acids is 1. The fraction of sp³-hybridized carbons (Fsp3) is 0.444. The van der Waals surface area contributed by atoms with E-state index in [4.69, 9.17) is 14.2 Å². The van der Waals surface area contributed by atoms with E-state index in [9.17, 15) is 4.79 Å². The van der Waals surface area contributed by atoms with E-state index in [1.54, 1.807) is 13.1 Å². The van der Waals surface area contributed by atoms with E-state index in [-0.39, 0.29) is 12.2 Å². The van der Waals surface area contributed by atoms with Crippen molar-refractivity contribution in [2.75, 3.05) is 13.2 Å². The molecule has 1 aromatic carbocycles. The van der Waals surface area contributed by atoms with E-state index in [1.165, 1.54) is 10.9 Å². The van der Waals surface area contributed by atoms with Crippen LogP contribution in [-0.2, 0) is 20.8 Å². The number of nitrogens with zero attached hydrogens (tertiary/aromatic N) is 2. The van der Waals surface area contributed by atoms with Gasteiger partial charge in [-0.2, -0.15) is 0 Å². The largest absolute Gasteiger partial charge is 0.449 e. The van der Waals surface area contributed by atoms with Gasteiger partial charge in [0.15, 0.2) is 0 Å². The topological polar surface area (TPSA) is 62.6 Å². The fourth-order valence-corrected chi connectivity index (χ4v) is 2.73. The van der Waals surface area contributed by atoms with E-state index >= 15 is 0 Å². The first-order valence-corrected chi connectivity index (χ1v) is 8.24. The highest BCUT2D eigenvalue weighted by atomic mass is 16.6. The average molecular weight is 330 g/mol. The Hall–Kier alpha value is -2.18. The van der Waals surface area contributed by atoms with Crippen molar-refractivity contribution in [3.8, 4) is 0 Å². The highest BCUT2D eigenvalue weighted by Gasteiger charge is 2.28. The zero-order valence-electron chi connectivity index (χ0n) is 13.8. The van der Waals surface area contributed by atoms with E-state index in [0.29, 0.717) is 19.8 Å². The zero-order chi connectivity index (χ0) is 16.8. The molecule has 0 N–H and O–H groups in total. The number of hydrogen-bond donors (Lipinski definition) is 0. The maximum absolute atomic E-state index is 11.7. The lowest BCUT2D eigenvalue weighted by atomic mass is 10.1. The first-order valence-electron chi connectivity index (χ1n) is 8.24. The quantitative estimate of drug-likeness (QED) is 0.813. The number of ether oxygens (including phenoxy) is 3. The molecule has 1 fully saturated rings. The van der Waals surface area contributed by atoms with Gasteiger partial charge in [-0.15, -0.1) is 0 Å². The van der Waals surface area contributed by atoms with Crippen molar-refractivity contribution in [2.24, 2.45) is 0 Å². The molecule has 0 amide bonds. The van der Waals surface area contributed by atoms with Crippen molar-refractivity contribution in [3.05, 3.63) is 54.1 Å². The monoisotopic (exact) mass is 330 g/mol. The molecule has 6 nitrogen and oxygen atoms in total. The van der Waals surface area contributed by atoms with Crippen LogP contribution in [0, 0.1) is 0 Å². The van der Waals surface area contributed by atoms with Crippen molar-refractivity contribution in [3.63, 3.8) is 0 Å². The van der Waals surface area contributed by atoms with Gasteiger partial charge in [-0.1, -0.05) is 30.3 Å². The highest BCUT2D eigenvalue weighted by Crippen LogP contribution is 2.31. The Kier molecular flexibility index (Phi) is 5.61. The molecule has 128 valence electrons. The molecule has 6 heteroatoms. The van der Waals surface area contributed by atoms with E-state index in [1.807, 2.05) is 30.3 Å². The Balaban J connectivity index is 1.46. The number of benzene rings is 1. The molecule has 1 aliphatic heterocycles. The lowest BCUT2D eigenvalue weighted by molar-refractivity contribution is -0.0215. The van der Waals surface area contributed by atoms with E-state index < -0.39 is 6.09 Å². The summed E-state index contributed by atoms with van der Waals surface area (Å²) in [4.78, 5) is 15.9. The van der Waals surface area contributed by atoms with Crippen molar-refractivity contribution < 1.29 is 19.0 Å². The molecule has 2 heterocycles. The highest BCUT2D eigenvalue weighted by molar-refractivity contribution is 5.70. The molecule has 0 unspecified atom stereocenters. The van der Waals surface area contributed by atoms with Crippen molar-refractivity contribution in [1.29, 1.82) is 0 Å².